The highest BCUT2D eigenvalue weighted by Crippen LogP contribution is 2.34. The van der Waals surface area contributed by atoms with Gasteiger partial charge < -0.3 is 10.2 Å². The molecule has 0 spiro atoms. The molecule has 2 amide bonds. The fraction of sp³-hybridized carbons (Fsp3) is 0.484. The van der Waals surface area contributed by atoms with Crippen molar-refractivity contribution in [2.75, 3.05) is 20.1 Å². The van der Waals surface area contributed by atoms with E-state index in [1.54, 1.807) is 18.0 Å². The molecule has 1 N–H and O–H groups in total. The summed E-state index contributed by atoms with van der Waals surface area (Å²) in [5.41, 5.74) is 6.04. The molecule has 2 aromatic rings. The molecule has 0 bridgehead atoms. The molecule has 5 nitrogen and oxygen atoms in total. The molecular formula is C31H41N3O2. The molecule has 2 aliphatic heterocycles. The van der Waals surface area contributed by atoms with Gasteiger partial charge in [-0.05, 0) is 78.4 Å². The zero-order valence-electron chi connectivity index (χ0n) is 22.3. The van der Waals surface area contributed by atoms with Crippen molar-refractivity contribution in [3.63, 3.8) is 0 Å². The predicted octanol–water partition coefficient (Wildman–Crippen LogP) is 5.40. The Morgan fingerprint density at radius 3 is 2.44 bits per heavy atom. The second-order valence-corrected chi connectivity index (χ2v) is 11.3. The van der Waals surface area contributed by atoms with Crippen LogP contribution in [0.1, 0.15) is 85.0 Å². The summed E-state index contributed by atoms with van der Waals surface area (Å²) in [4.78, 5) is 29.9. The normalized spacial score (nSPS) is 17.7. The van der Waals surface area contributed by atoms with E-state index in [9.17, 15) is 9.59 Å². The molecule has 192 valence electrons. The molecule has 0 aromatic heterocycles. The van der Waals surface area contributed by atoms with Crippen molar-refractivity contribution >= 4 is 11.8 Å². The lowest BCUT2D eigenvalue weighted by atomic mass is 9.86. The number of fused-ring (bicyclic) bond motifs is 1. The van der Waals surface area contributed by atoms with E-state index in [1.165, 1.54) is 16.7 Å². The first-order valence-corrected chi connectivity index (χ1v) is 13.3. The molecule has 5 heteroatoms. The Morgan fingerprint density at radius 2 is 1.83 bits per heavy atom. The fourth-order valence-corrected chi connectivity index (χ4v) is 5.53. The molecule has 1 atom stereocenters. The van der Waals surface area contributed by atoms with Crippen LogP contribution in [0.2, 0.25) is 0 Å². The Balaban J connectivity index is 1.37. The minimum absolute atomic E-state index is 0.0403. The molecule has 2 aliphatic rings. The number of rotatable bonds is 8. The number of benzene rings is 2. The maximum Gasteiger partial charge on any atom is 0.255 e. The number of nitrogens with zero attached hydrogens (tertiary/aromatic N) is 2. The van der Waals surface area contributed by atoms with Crippen molar-refractivity contribution in [3.8, 4) is 0 Å². The summed E-state index contributed by atoms with van der Waals surface area (Å²) in [6, 6.07) is 14.9. The number of likely N-dealkylation sites (N-methyl/N-ethyl adjacent to an activating group) is 1. The standard InChI is InChI=1S/C31H41N3O2/c1-6-7-8-28(29(35)32-5)34-21-25-19-24(11-14-27(25)30(34)36)23-15-17-33(18-16-23)20-22-9-12-26(13-10-22)31(2,3)4/h6,9-14,19,23,28H,1,7-8,15-18,20-21H2,2-5H3,(H,32,35). The van der Waals surface area contributed by atoms with Gasteiger partial charge in [0, 0.05) is 25.7 Å². The number of nitrogens with one attached hydrogen (secondary N) is 1. The minimum Gasteiger partial charge on any atom is -0.357 e. The number of piperidine rings is 1. The van der Waals surface area contributed by atoms with Gasteiger partial charge in [-0.25, -0.2) is 0 Å². The number of carbonyl (C=O) groups is 2. The summed E-state index contributed by atoms with van der Waals surface area (Å²) in [7, 11) is 1.63. The summed E-state index contributed by atoms with van der Waals surface area (Å²) in [5, 5.41) is 2.72. The highest BCUT2D eigenvalue weighted by Gasteiger charge is 2.36. The van der Waals surface area contributed by atoms with E-state index < -0.39 is 6.04 Å². The van der Waals surface area contributed by atoms with Gasteiger partial charge in [0.2, 0.25) is 5.91 Å². The highest BCUT2D eigenvalue weighted by molar-refractivity contribution is 6.01. The van der Waals surface area contributed by atoms with Crippen LogP contribution in [0.15, 0.2) is 55.1 Å². The maximum absolute atomic E-state index is 13.1. The molecule has 2 heterocycles. The van der Waals surface area contributed by atoms with Crippen molar-refractivity contribution in [2.45, 2.75) is 76.9 Å². The van der Waals surface area contributed by atoms with Gasteiger partial charge in [0.1, 0.15) is 6.04 Å². The van der Waals surface area contributed by atoms with E-state index in [0.717, 1.165) is 43.6 Å². The molecule has 0 aliphatic carbocycles. The quantitative estimate of drug-likeness (QED) is 0.507. The Kier molecular flexibility index (Phi) is 7.99. The topological polar surface area (TPSA) is 52.7 Å². The van der Waals surface area contributed by atoms with E-state index in [0.29, 0.717) is 25.3 Å². The highest BCUT2D eigenvalue weighted by atomic mass is 16.2. The fourth-order valence-electron chi connectivity index (χ4n) is 5.53. The first-order valence-electron chi connectivity index (χ1n) is 13.3. The lowest BCUT2D eigenvalue weighted by Gasteiger charge is -2.32. The predicted molar refractivity (Wildman–Crippen MR) is 146 cm³/mol. The molecule has 2 aromatic carbocycles. The van der Waals surface area contributed by atoms with Crippen LogP contribution in [0.4, 0.5) is 0 Å². The second kappa shape index (κ2) is 11.0. The summed E-state index contributed by atoms with van der Waals surface area (Å²) >= 11 is 0. The lowest BCUT2D eigenvalue weighted by Crippen LogP contribution is -2.46. The maximum atomic E-state index is 13.1. The van der Waals surface area contributed by atoms with E-state index in [1.807, 2.05) is 6.07 Å². The van der Waals surface area contributed by atoms with Crippen LogP contribution in [-0.2, 0) is 23.3 Å². The number of hydrogen-bond donors (Lipinski definition) is 1. The van der Waals surface area contributed by atoms with E-state index in [4.69, 9.17) is 0 Å². The molecule has 1 saturated heterocycles. The number of amides is 2. The van der Waals surface area contributed by atoms with Crippen LogP contribution < -0.4 is 5.32 Å². The van der Waals surface area contributed by atoms with Crippen molar-refractivity contribution in [3.05, 3.63) is 82.9 Å². The average molecular weight is 488 g/mol. The van der Waals surface area contributed by atoms with Crippen molar-refractivity contribution < 1.29 is 9.59 Å². The van der Waals surface area contributed by atoms with Gasteiger partial charge in [0.05, 0.1) is 0 Å². The third-order valence-electron chi connectivity index (χ3n) is 7.82. The Morgan fingerprint density at radius 1 is 1.14 bits per heavy atom. The zero-order valence-corrected chi connectivity index (χ0v) is 22.3. The molecule has 1 fully saturated rings. The number of likely N-dealkylation sites (tertiary alicyclic amines) is 1. The summed E-state index contributed by atoms with van der Waals surface area (Å²) in [6.07, 6.45) is 5.33. The van der Waals surface area contributed by atoms with E-state index in [-0.39, 0.29) is 17.2 Å². The van der Waals surface area contributed by atoms with Gasteiger partial charge in [0.15, 0.2) is 0 Å². The first kappa shape index (κ1) is 26.2. The van der Waals surface area contributed by atoms with Gasteiger partial charge in [-0.3, -0.25) is 14.5 Å². The van der Waals surface area contributed by atoms with Gasteiger partial charge in [-0.2, -0.15) is 0 Å². The van der Waals surface area contributed by atoms with Gasteiger partial charge >= 0.3 is 0 Å². The van der Waals surface area contributed by atoms with Crippen LogP contribution in [0.25, 0.3) is 0 Å². The van der Waals surface area contributed by atoms with Crippen molar-refractivity contribution in [1.82, 2.24) is 15.1 Å². The molecule has 1 unspecified atom stereocenters. The lowest BCUT2D eigenvalue weighted by molar-refractivity contribution is -0.125. The molecule has 36 heavy (non-hydrogen) atoms. The van der Waals surface area contributed by atoms with E-state index in [2.05, 4.69) is 74.0 Å². The SMILES string of the molecule is C=CCCC(C(=O)NC)N1Cc2cc(C3CCN(Cc4ccc(C(C)(C)C)cc4)CC3)ccc2C1=O. The van der Waals surface area contributed by atoms with Crippen LogP contribution >= 0.6 is 0 Å². The van der Waals surface area contributed by atoms with Gasteiger partial charge in [-0.15, -0.1) is 6.58 Å². The van der Waals surface area contributed by atoms with Crippen LogP contribution in [-0.4, -0.2) is 47.8 Å². The first-order chi connectivity index (χ1) is 17.2. The Hall–Kier alpha value is -2.92. The van der Waals surface area contributed by atoms with Crippen LogP contribution in [0, 0.1) is 0 Å². The minimum atomic E-state index is -0.461. The Bertz CT molecular complexity index is 1090. The average Bonchev–Trinajstić information content (AvgIpc) is 3.19. The Labute approximate surface area is 216 Å². The van der Waals surface area contributed by atoms with Crippen molar-refractivity contribution in [1.29, 1.82) is 0 Å². The summed E-state index contributed by atoms with van der Waals surface area (Å²) < 4.78 is 0. The summed E-state index contributed by atoms with van der Waals surface area (Å²) in [6.45, 7) is 14.2. The van der Waals surface area contributed by atoms with Gasteiger partial charge in [0.25, 0.3) is 5.91 Å². The monoisotopic (exact) mass is 487 g/mol. The molecule has 4 rings (SSSR count). The smallest absolute Gasteiger partial charge is 0.255 e. The summed E-state index contributed by atoms with van der Waals surface area (Å²) in [5.74, 6) is 0.356. The molecular weight excluding hydrogens is 446 g/mol. The number of hydrogen-bond acceptors (Lipinski definition) is 3. The molecule has 0 radical (unpaired) electrons. The van der Waals surface area contributed by atoms with Crippen LogP contribution in [0.5, 0.6) is 0 Å². The largest absolute Gasteiger partial charge is 0.357 e. The second-order valence-electron chi connectivity index (χ2n) is 11.3. The van der Waals surface area contributed by atoms with Crippen molar-refractivity contribution in [2.24, 2.45) is 0 Å². The molecule has 0 saturated carbocycles. The van der Waals surface area contributed by atoms with Gasteiger partial charge in [-0.1, -0.05) is 63.2 Å². The number of allylic oxidation sites excluding steroid dienone is 1. The van der Waals surface area contributed by atoms with E-state index >= 15 is 0 Å². The number of carbonyl (C=O) groups excluding carboxylic acids is 2. The zero-order chi connectivity index (χ0) is 25.9. The van der Waals surface area contributed by atoms with Crippen LogP contribution in [0.3, 0.4) is 0 Å². The third kappa shape index (κ3) is 5.73. The third-order valence-corrected chi connectivity index (χ3v) is 7.82.